The standard InChI is InChI=1S/C3H4N4O2/c8-7(9)6-3-4-1-2-5-3/h1-2H,(H2,4,5,6). The second-order valence-corrected chi connectivity index (χ2v) is 1.31. The summed E-state index contributed by atoms with van der Waals surface area (Å²) in [6.45, 7) is 0. The van der Waals surface area contributed by atoms with Crippen LogP contribution < -0.4 is 5.62 Å². The van der Waals surface area contributed by atoms with E-state index in [1.54, 1.807) is 0 Å². The van der Waals surface area contributed by atoms with Gasteiger partial charge in [-0.05, 0) is 0 Å². The third kappa shape index (κ3) is 1.41. The Morgan fingerprint density at radius 2 is 2.11 bits per heavy atom. The highest BCUT2D eigenvalue weighted by Crippen LogP contribution is 1.64. The molecule has 0 saturated heterocycles. The van der Waals surface area contributed by atoms with E-state index in [2.05, 4.69) is 15.1 Å². The van der Waals surface area contributed by atoms with Crippen molar-refractivity contribution in [2.45, 2.75) is 0 Å². The van der Waals surface area contributed by atoms with Gasteiger partial charge in [0.1, 0.15) is 5.10 Å². The van der Waals surface area contributed by atoms with Crippen LogP contribution in [0.4, 0.5) is 0 Å². The highest BCUT2D eigenvalue weighted by molar-refractivity contribution is 4.65. The van der Waals surface area contributed by atoms with Gasteiger partial charge in [-0.15, -0.1) is 0 Å². The van der Waals surface area contributed by atoms with Gasteiger partial charge >= 0.3 is 0 Å². The van der Waals surface area contributed by atoms with Crippen LogP contribution in [-0.2, 0) is 0 Å². The summed E-state index contributed by atoms with van der Waals surface area (Å²) in [7, 11) is 0. The number of aromatic nitrogens is 2. The van der Waals surface area contributed by atoms with Gasteiger partial charge in [0, 0.05) is 12.4 Å². The van der Waals surface area contributed by atoms with Gasteiger partial charge in [0.25, 0.3) is 5.62 Å². The van der Waals surface area contributed by atoms with Crippen molar-refractivity contribution in [3.05, 3.63) is 28.1 Å². The molecule has 0 bridgehead atoms. The van der Waals surface area contributed by atoms with E-state index in [0.29, 0.717) is 0 Å². The summed E-state index contributed by atoms with van der Waals surface area (Å²) in [5.41, 5.74) is 0.139. The van der Waals surface area contributed by atoms with E-state index in [4.69, 9.17) is 0 Å². The molecule has 0 atom stereocenters. The number of hydrogen-bond acceptors (Lipinski definition) is 2. The Bertz CT molecular complexity index is 242. The topological polar surface area (TPSA) is 87.1 Å². The quantitative estimate of drug-likeness (QED) is 0.392. The SMILES string of the molecule is O=[N+]([O-])N=c1[nH]cc[nH]1. The van der Waals surface area contributed by atoms with Gasteiger partial charge in [-0.25, -0.2) is 10.1 Å². The summed E-state index contributed by atoms with van der Waals surface area (Å²) >= 11 is 0. The number of nitro groups is 1. The summed E-state index contributed by atoms with van der Waals surface area (Å²) in [6.07, 6.45) is 3.03. The predicted molar refractivity (Wildman–Crippen MR) is 27.7 cm³/mol. The van der Waals surface area contributed by atoms with Gasteiger partial charge in [0.15, 0.2) is 5.03 Å². The first-order valence-electron chi connectivity index (χ1n) is 2.20. The molecular formula is C3H4N4O2. The second kappa shape index (κ2) is 2.12. The maximum atomic E-state index is 9.67. The Labute approximate surface area is 49.4 Å². The monoisotopic (exact) mass is 128 g/mol. The molecule has 0 aliphatic rings. The average Bonchev–Trinajstić information content (AvgIpc) is 2.15. The van der Waals surface area contributed by atoms with Crippen LogP contribution in [-0.4, -0.2) is 15.0 Å². The van der Waals surface area contributed by atoms with Crippen molar-refractivity contribution >= 4 is 0 Å². The van der Waals surface area contributed by atoms with Crippen molar-refractivity contribution in [2.24, 2.45) is 5.10 Å². The first kappa shape index (κ1) is 5.54. The molecule has 6 nitrogen and oxygen atoms in total. The summed E-state index contributed by atoms with van der Waals surface area (Å²) < 4.78 is 0. The number of rotatable bonds is 1. The molecule has 0 aliphatic carbocycles. The van der Waals surface area contributed by atoms with Gasteiger partial charge in [-0.3, -0.25) is 0 Å². The largest absolute Gasteiger partial charge is 0.326 e. The van der Waals surface area contributed by atoms with E-state index in [1.165, 1.54) is 12.4 Å². The molecule has 1 aromatic heterocycles. The van der Waals surface area contributed by atoms with Gasteiger partial charge in [-0.2, -0.15) is 0 Å². The van der Waals surface area contributed by atoms with Crippen LogP contribution in [0.5, 0.6) is 0 Å². The Balaban J connectivity index is 3.00. The minimum absolute atomic E-state index is 0.139. The van der Waals surface area contributed by atoms with Crippen LogP contribution in [0.25, 0.3) is 0 Å². The zero-order valence-electron chi connectivity index (χ0n) is 4.37. The number of imidazole rings is 1. The highest BCUT2D eigenvalue weighted by atomic mass is 16.7. The fraction of sp³-hybridized carbons (Fsp3) is 0. The number of nitrogens with zero attached hydrogens (tertiary/aromatic N) is 2. The molecule has 9 heavy (non-hydrogen) atoms. The molecule has 0 spiro atoms. The summed E-state index contributed by atoms with van der Waals surface area (Å²) in [4.78, 5) is 14.7. The van der Waals surface area contributed by atoms with Crippen LogP contribution in [0.15, 0.2) is 17.5 Å². The number of aromatic amines is 2. The summed E-state index contributed by atoms with van der Waals surface area (Å²) in [6, 6.07) is 0. The van der Waals surface area contributed by atoms with Crippen molar-refractivity contribution in [2.75, 3.05) is 0 Å². The molecule has 1 heterocycles. The Kier molecular flexibility index (Phi) is 1.31. The third-order valence-corrected chi connectivity index (χ3v) is 0.705. The van der Waals surface area contributed by atoms with Crippen LogP contribution in [0, 0.1) is 10.1 Å². The van der Waals surface area contributed by atoms with E-state index in [1.807, 2.05) is 0 Å². The Morgan fingerprint density at radius 3 is 2.56 bits per heavy atom. The van der Waals surface area contributed by atoms with Crippen molar-refractivity contribution in [3.63, 3.8) is 0 Å². The van der Waals surface area contributed by atoms with E-state index in [9.17, 15) is 10.1 Å². The van der Waals surface area contributed by atoms with Gasteiger partial charge in [-0.1, -0.05) is 0 Å². The average molecular weight is 128 g/mol. The van der Waals surface area contributed by atoms with Crippen molar-refractivity contribution < 1.29 is 5.03 Å². The maximum Gasteiger partial charge on any atom is 0.276 e. The summed E-state index contributed by atoms with van der Waals surface area (Å²) in [5, 5.41) is 11.8. The first-order valence-corrected chi connectivity index (χ1v) is 2.20. The van der Waals surface area contributed by atoms with Gasteiger partial charge < -0.3 is 9.97 Å². The van der Waals surface area contributed by atoms with Gasteiger partial charge in [0.2, 0.25) is 0 Å². The smallest absolute Gasteiger partial charge is 0.276 e. The zero-order valence-corrected chi connectivity index (χ0v) is 4.37. The predicted octanol–water partition coefficient (Wildman–Crippen LogP) is -0.565. The minimum atomic E-state index is -0.775. The molecule has 1 rings (SSSR count). The lowest BCUT2D eigenvalue weighted by atomic mass is 11.0. The molecule has 0 amide bonds. The third-order valence-electron chi connectivity index (χ3n) is 0.705. The molecule has 6 heteroatoms. The molecule has 0 radical (unpaired) electrons. The lowest BCUT2D eigenvalue weighted by Gasteiger charge is -1.70. The lowest BCUT2D eigenvalue weighted by molar-refractivity contribution is -0.491. The normalized spacial score (nSPS) is 8.89. The first-order chi connectivity index (χ1) is 4.29. The summed E-state index contributed by atoms with van der Waals surface area (Å²) in [5.74, 6) is 0. The Hall–Kier alpha value is -1.59. The fourth-order valence-electron chi connectivity index (χ4n) is 0.422. The van der Waals surface area contributed by atoms with Crippen molar-refractivity contribution in [3.8, 4) is 0 Å². The second-order valence-electron chi connectivity index (χ2n) is 1.31. The number of hydrogen-bond donors (Lipinski definition) is 2. The van der Waals surface area contributed by atoms with Crippen LogP contribution in [0.2, 0.25) is 0 Å². The fourth-order valence-corrected chi connectivity index (χ4v) is 0.422. The van der Waals surface area contributed by atoms with Crippen molar-refractivity contribution in [1.29, 1.82) is 0 Å². The number of H-pyrrole nitrogens is 2. The lowest BCUT2D eigenvalue weighted by Crippen LogP contribution is -2.08. The molecule has 2 N–H and O–H groups in total. The van der Waals surface area contributed by atoms with E-state index >= 15 is 0 Å². The molecular weight excluding hydrogens is 124 g/mol. The molecule has 48 valence electrons. The number of nitrogens with one attached hydrogen (secondary N) is 2. The molecule has 0 saturated carbocycles. The van der Waals surface area contributed by atoms with Crippen LogP contribution in [0.3, 0.4) is 0 Å². The van der Waals surface area contributed by atoms with E-state index in [0.717, 1.165) is 0 Å². The zero-order chi connectivity index (χ0) is 6.69. The van der Waals surface area contributed by atoms with Crippen LogP contribution >= 0.6 is 0 Å². The molecule has 0 aliphatic heterocycles. The highest BCUT2D eigenvalue weighted by Gasteiger charge is 1.86. The van der Waals surface area contributed by atoms with Crippen molar-refractivity contribution in [1.82, 2.24) is 9.97 Å². The Morgan fingerprint density at radius 1 is 1.56 bits per heavy atom. The molecule has 0 fully saturated rings. The minimum Gasteiger partial charge on any atom is -0.326 e. The maximum absolute atomic E-state index is 9.67. The molecule has 0 unspecified atom stereocenters. The van der Waals surface area contributed by atoms with Crippen LogP contribution in [0.1, 0.15) is 0 Å². The molecule has 1 aromatic rings. The van der Waals surface area contributed by atoms with Gasteiger partial charge in [0.05, 0.1) is 0 Å². The molecule has 0 aromatic carbocycles. The van der Waals surface area contributed by atoms with E-state index in [-0.39, 0.29) is 5.62 Å². The van der Waals surface area contributed by atoms with E-state index < -0.39 is 5.03 Å².